The molecular weight excluding hydrogens is 344 g/mol. The van der Waals surface area contributed by atoms with E-state index in [1.165, 1.54) is 19.3 Å². The molecule has 0 N–H and O–H groups in total. The molecule has 0 saturated carbocycles. The summed E-state index contributed by atoms with van der Waals surface area (Å²) in [5.74, 6) is 3.55. The average molecular weight is 373 g/mol. The van der Waals surface area contributed by atoms with Crippen molar-refractivity contribution in [3.63, 3.8) is 0 Å². The monoisotopic (exact) mass is 372 g/mol. The summed E-state index contributed by atoms with van der Waals surface area (Å²) in [6.45, 7) is 2.61. The average Bonchev–Trinajstić information content (AvgIpc) is 3.00. The van der Waals surface area contributed by atoms with Gasteiger partial charge < -0.3 is 9.30 Å². The minimum absolute atomic E-state index is 0.659. The number of aromatic nitrogens is 3. The van der Waals surface area contributed by atoms with Crippen LogP contribution >= 0.6 is 11.8 Å². The number of hydrogen-bond acceptors (Lipinski definition) is 5. The Hall–Kier alpha value is -1.79. The summed E-state index contributed by atoms with van der Waals surface area (Å²) in [7, 11) is 4.22. The van der Waals surface area contributed by atoms with E-state index < -0.39 is 0 Å². The van der Waals surface area contributed by atoms with Gasteiger partial charge in [0.05, 0.1) is 13.2 Å². The van der Waals surface area contributed by atoms with Crippen molar-refractivity contribution in [1.29, 1.82) is 0 Å². The molecule has 1 atom stereocenters. The molecule has 3 rings (SSSR count). The van der Waals surface area contributed by atoms with Crippen LogP contribution in [0.2, 0.25) is 0 Å². The minimum atomic E-state index is 0.659. The highest BCUT2D eigenvalue weighted by Crippen LogP contribution is 2.20. The van der Waals surface area contributed by atoms with Gasteiger partial charge in [-0.05, 0) is 44.4 Å². The fourth-order valence-electron chi connectivity index (χ4n) is 3.19. The van der Waals surface area contributed by atoms with E-state index in [2.05, 4.69) is 38.9 Å². The van der Waals surface area contributed by atoms with E-state index in [4.69, 9.17) is 4.74 Å². The van der Waals surface area contributed by atoms with Crippen LogP contribution in [0.1, 0.15) is 25.1 Å². The highest BCUT2D eigenvalue weighted by atomic mass is 32.2. The van der Waals surface area contributed by atoms with Gasteiger partial charge in [-0.2, -0.15) is 0 Å². The topological polar surface area (TPSA) is 43.2 Å². The number of benzene rings is 1. The Bertz CT molecular complexity index is 701. The molecule has 5 nitrogen and oxygen atoms in total. The number of para-hydroxylation sites is 1. The number of thioether (sulfide) groups is 1. The van der Waals surface area contributed by atoms with E-state index in [-0.39, 0.29) is 0 Å². The standard InChI is InChI=1S/C20H28N4OS/c1-23(15-17-9-5-3-6-10-17)16-19-21-22-20(24(19)2)26-14-13-25-18-11-7-4-8-12-18/h3-5,7-8,11-12,17H,6,9-10,13-16H2,1-2H3. The summed E-state index contributed by atoms with van der Waals surface area (Å²) < 4.78 is 7.83. The maximum atomic E-state index is 5.73. The van der Waals surface area contributed by atoms with Gasteiger partial charge >= 0.3 is 0 Å². The van der Waals surface area contributed by atoms with E-state index in [0.29, 0.717) is 6.61 Å². The fraction of sp³-hybridized carbons (Fsp3) is 0.500. The highest BCUT2D eigenvalue weighted by Gasteiger charge is 2.15. The van der Waals surface area contributed by atoms with Crippen LogP contribution in [0.4, 0.5) is 0 Å². The van der Waals surface area contributed by atoms with E-state index in [1.54, 1.807) is 11.8 Å². The molecule has 0 spiro atoms. The zero-order valence-electron chi connectivity index (χ0n) is 15.7. The number of nitrogens with zero attached hydrogens (tertiary/aromatic N) is 4. The van der Waals surface area contributed by atoms with Crippen LogP contribution in [0.3, 0.4) is 0 Å². The number of allylic oxidation sites excluding steroid dienone is 2. The molecule has 1 aliphatic carbocycles. The molecule has 140 valence electrons. The van der Waals surface area contributed by atoms with Crippen molar-refractivity contribution in [2.45, 2.75) is 31.0 Å². The van der Waals surface area contributed by atoms with Gasteiger partial charge in [-0.1, -0.05) is 42.1 Å². The van der Waals surface area contributed by atoms with Crippen LogP contribution in [0.15, 0.2) is 47.6 Å². The predicted octanol–water partition coefficient (Wildman–Crippen LogP) is 3.77. The molecule has 0 bridgehead atoms. The van der Waals surface area contributed by atoms with Crippen molar-refractivity contribution in [2.24, 2.45) is 13.0 Å². The van der Waals surface area contributed by atoms with Crippen LogP contribution in [-0.2, 0) is 13.6 Å². The van der Waals surface area contributed by atoms with Crippen LogP contribution in [0.5, 0.6) is 5.75 Å². The molecule has 0 aliphatic heterocycles. The van der Waals surface area contributed by atoms with E-state index in [9.17, 15) is 0 Å². The second kappa shape index (κ2) is 9.78. The lowest BCUT2D eigenvalue weighted by Crippen LogP contribution is -2.27. The molecular formula is C20H28N4OS. The van der Waals surface area contributed by atoms with Gasteiger partial charge in [-0.25, -0.2) is 0 Å². The van der Waals surface area contributed by atoms with Crippen molar-refractivity contribution in [1.82, 2.24) is 19.7 Å². The van der Waals surface area contributed by atoms with Crippen molar-refractivity contribution < 1.29 is 4.74 Å². The van der Waals surface area contributed by atoms with E-state index >= 15 is 0 Å². The van der Waals surface area contributed by atoms with Crippen molar-refractivity contribution in [2.75, 3.05) is 26.0 Å². The summed E-state index contributed by atoms with van der Waals surface area (Å²) in [4.78, 5) is 2.36. The summed E-state index contributed by atoms with van der Waals surface area (Å²) >= 11 is 1.69. The van der Waals surface area contributed by atoms with Gasteiger partial charge in [0.15, 0.2) is 5.16 Å². The molecule has 26 heavy (non-hydrogen) atoms. The first-order valence-corrected chi connectivity index (χ1v) is 10.2. The van der Waals surface area contributed by atoms with Crippen LogP contribution < -0.4 is 4.74 Å². The normalized spacial score (nSPS) is 17.0. The maximum absolute atomic E-state index is 5.73. The smallest absolute Gasteiger partial charge is 0.191 e. The Morgan fingerprint density at radius 2 is 2.08 bits per heavy atom. The quantitative estimate of drug-likeness (QED) is 0.381. The molecule has 6 heteroatoms. The molecule has 1 aromatic carbocycles. The van der Waals surface area contributed by atoms with Gasteiger partial charge in [0.2, 0.25) is 0 Å². The molecule has 0 saturated heterocycles. The van der Waals surface area contributed by atoms with Crippen molar-refractivity contribution >= 4 is 11.8 Å². The Labute approximate surface area is 160 Å². The van der Waals surface area contributed by atoms with Gasteiger partial charge in [0.25, 0.3) is 0 Å². The molecule has 1 aromatic heterocycles. The second-order valence-electron chi connectivity index (χ2n) is 6.82. The van der Waals surface area contributed by atoms with E-state index in [1.807, 2.05) is 37.4 Å². The highest BCUT2D eigenvalue weighted by molar-refractivity contribution is 7.99. The summed E-state index contributed by atoms with van der Waals surface area (Å²) in [5.41, 5.74) is 0. The predicted molar refractivity (Wildman–Crippen MR) is 106 cm³/mol. The van der Waals surface area contributed by atoms with Gasteiger partial charge in [0.1, 0.15) is 11.6 Å². The molecule has 1 heterocycles. The minimum Gasteiger partial charge on any atom is -0.493 e. The Balaban J connectivity index is 1.42. The maximum Gasteiger partial charge on any atom is 0.191 e. The van der Waals surface area contributed by atoms with Gasteiger partial charge in [0, 0.05) is 19.3 Å². The molecule has 2 aromatic rings. The van der Waals surface area contributed by atoms with Crippen LogP contribution in [0, 0.1) is 5.92 Å². The lowest BCUT2D eigenvalue weighted by molar-refractivity contribution is 0.251. The van der Waals surface area contributed by atoms with Crippen LogP contribution in [0.25, 0.3) is 0 Å². The first-order chi connectivity index (χ1) is 12.7. The molecule has 0 radical (unpaired) electrons. The SMILES string of the molecule is CN(Cc1nnc(SCCOc2ccccc2)n1C)CC1CC=CCC1. The Morgan fingerprint density at radius 3 is 2.85 bits per heavy atom. The third-order valence-electron chi connectivity index (χ3n) is 4.61. The lowest BCUT2D eigenvalue weighted by atomic mass is 9.94. The van der Waals surface area contributed by atoms with Gasteiger partial charge in [-0.15, -0.1) is 10.2 Å². The fourth-order valence-corrected chi connectivity index (χ4v) is 3.93. The summed E-state index contributed by atoms with van der Waals surface area (Å²) in [6.07, 6.45) is 8.32. The second-order valence-corrected chi connectivity index (χ2v) is 7.88. The van der Waals surface area contributed by atoms with Crippen molar-refractivity contribution in [3.8, 4) is 5.75 Å². The van der Waals surface area contributed by atoms with Crippen molar-refractivity contribution in [3.05, 3.63) is 48.3 Å². The molecule has 1 unspecified atom stereocenters. The first kappa shape index (κ1) is 19.0. The third-order valence-corrected chi connectivity index (χ3v) is 5.59. The molecule has 0 fully saturated rings. The zero-order chi connectivity index (χ0) is 18.2. The molecule has 0 amide bonds. The largest absolute Gasteiger partial charge is 0.493 e. The first-order valence-electron chi connectivity index (χ1n) is 9.25. The Kier molecular flexibility index (Phi) is 7.14. The zero-order valence-corrected chi connectivity index (χ0v) is 16.5. The summed E-state index contributed by atoms with van der Waals surface area (Å²) in [6, 6.07) is 9.91. The lowest BCUT2D eigenvalue weighted by Gasteiger charge is -2.24. The Morgan fingerprint density at radius 1 is 1.23 bits per heavy atom. The van der Waals surface area contributed by atoms with Gasteiger partial charge in [-0.3, -0.25) is 4.90 Å². The van der Waals surface area contributed by atoms with Crippen LogP contribution in [-0.4, -0.2) is 45.6 Å². The number of rotatable bonds is 9. The van der Waals surface area contributed by atoms with E-state index in [0.717, 1.165) is 41.5 Å². The number of hydrogen-bond donors (Lipinski definition) is 0. The summed E-state index contributed by atoms with van der Waals surface area (Å²) in [5, 5.41) is 9.67. The number of ether oxygens (including phenoxy) is 1. The third kappa shape index (κ3) is 5.61. The molecule has 1 aliphatic rings.